The molecule has 0 aromatic heterocycles. The second-order valence-electron chi connectivity index (χ2n) is 2.99. The molecular weight excluding hydrogens is 238 g/mol. The average molecular weight is 260 g/mol. The van der Waals surface area contributed by atoms with Crippen LogP contribution < -0.4 is 5.32 Å². The molecule has 0 bridgehead atoms. The number of carboxylic acid groups (broad SMARTS) is 1. The maximum atomic E-state index is 12.0. The summed E-state index contributed by atoms with van der Waals surface area (Å²) in [5.41, 5.74) is -0.668. The largest absolute Gasteiger partial charge is 0.480 e. The normalized spacial score (nSPS) is 18.5. The highest BCUT2D eigenvalue weighted by molar-refractivity contribution is 7.80. The summed E-state index contributed by atoms with van der Waals surface area (Å²) in [5, 5.41) is 10.6. The number of benzene rings is 1. The summed E-state index contributed by atoms with van der Waals surface area (Å²) in [6.45, 7) is -0.736. The highest BCUT2D eigenvalue weighted by Gasteiger charge is 2.17. The van der Waals surface area contributed by atoms with Gasteiger partial charge in [-0.3, -0.25) is 9.59 Å². The predicted octanol–water partition coefficient (Wildman–Crippen LogP) is 0.976. The van der Waals surface area contributed by atoms with E-state index in [1.807, 2.05) is 5.32 Å². The van der Waals surface area contributed by atoms with Crippen LogP contribution in [-0.4, -0.2) is 29.3 Å². The van der Waals surface area contributed by atoms with Crippen molar-refractivity contribution in [2.75, 3.05) is 12.3 Å². The van der Waals surface area contributed by atoms with Crippen molar-refractivity contribution in [3.8, 4) is 0 Å². The summed E-state index contributed by atoms with van der Waals surface area (Å²) in [5.74, 6) is -4.22. The minimum absolute atomic E-state index is 0.360. The van der Waals surface area contributed by atoms with Crippen molar-refractivity contribution in [1.29, 1.82) is 0 Å². The Morgan fingerprint density at radius 1 is 1.47 bits per heavy atom. The standard InChI is InChI=1S/C12H15NO3S/c14-11(15)7-13-12(16)10(8-17)6-9-4-2-1-3-5-9/h1-5,10,17H,6-8H2,(H,13,16)(H,14,15)/i1D,2D,3D,4D,5D,6D2. The van der Waals surface area contributed by atoms with Gasteiger partial charge in [0.05, 0.1) is 12.8 Å². The number of carboxylic acids is 1. The van der Waals surface area contributed by atoms with E-state index in [1.54, 1.807) is 0 Å². The van der Waals surface area contributed by atoms with E-state index in [2.05, 4.69) is 12.6 Å². The van der Waals surface area contributed by atoms with Crippen LogP contribution in [0.4, 0.5) is 0 Å². The molecule has 0 spiro atoms. The summed E-state index contributed by atoms with van der Waals surface area (Å²) in [7, 11) is 0. The fraction of sp³-hybridized carbons (Fsp3) is 0.333. The zero-order valence-corrected chi connectivity index (χ0v) is 9.60. The van der Waals surface area contributed by atoms with E-state index in [-0.39, 0.29) is 5.75 Å². The lowest BCUT2D eigenvalue weighted by Crippen LogP contribution is -2.36. The van der Waals surface area contributed by atoms with Crippen molar-refractivity contribution in [3.63, 3.8) is 0 Å². The highest BCUT2D eigenvalue weighted by atomic mass is 32.1. The first-order valence-electron chi connectivity index (χ1n) is 8.14. The van der Waals surface area contributed by atoms with E-state index in [0.717, 1.165) is 0 Å². The number of rotatable bonds is 6. The first-order valence-corrected chi connectivity index (χ1v) is 5.27. The van der Waals surface area contributed by atoms with E-state index in [0.29, 0.717) is 0 Å². The van der Waals surface area contributed by atoms with E-state index >= 15 is 0 Å². The Labute approximate surface area is 115 Å². The average Bonchev–Trinajstić information content (AvgIpc) is 2.49. The molecule has 1 atom stereocenters. The van der Waals surface area contributed by atoms with Gasteiger partial charge in [-0.2, -0.15) is 12.6 Å². The minimum Gasteiger partial charge on any atom is -0.480 e. The van der Waals surface area contributed by atoms with Crippen molar-refractivity contribution in [1.82, 2.24) is 5.32 Å². The molecule has 17 heavy (non-hydrogen) atoms. The molecule has 0 fully saturated rings. The molecule has 1 rings (SSSR count). The van der Waals surface area contributed by atoms with Gasteiger partial charge in [0.1, 0.15) is 6.54 Å². The molecule has 1 aromatic rings. The molecule has 0 heterocycles. The Bertz CT molecular complexity index is 654. The molecule has 0 aliphatic heterocycles. The van der Waals surface area contributed by atoms with Gasteiger partial charge in [-0.05, 0) is 11.9 Å². The molecule has 1 unspecified atom stereocenters. The van der Waals surface area contributed by atoms with Gasteiger partial charge in [-0.1, -0.05) is 30.2 Å². The maximum absolute atomic E-state index is 12.0. The van der Waals surface area contributed by atoms with Crippen molar-refractivity contribution >= 4 is 24.5 Å². The number of carbonyl (C=O) groups is 2. The lowest BCUT2D eigenvalue weighted by molar-refractivity contribution is -0.138. The number of aliphatic carboxylic acids is 1. The Hall–Kier alpha value is -1.49. The summed E-state index contributed by atoms with van der Waals surface area (Å²) < 4.78 is 54.6. The quantitative estimate of drug-likeness (QED) is 0.668. The molecule has 0 saturated carbocycles. The Morgan fingerprint density at radius 2 is 2.12 bits per heavy atom. The molecule has 0 radical (unpaired) electrons. The second kappa shape index (κ2) is 6.96. The van der Waals surface area contributed by atoms with Gasteiger partial charge in [0.25, 0.3) is 0 Å². The highest BCUT2D eigenvalue weighted by Crippen LogP contribution is 2.10. The van der Waals surface area contributed by atoms with Gasteiger partial charge >= 0.3 is 5.97 Å². The Morgan fingerprint density at radius 3 is 2.65 bits per heavy atom. The Kier molecular flexibility index (Phi) is 2.64. The van der Waals surface area contributed by atoms with E-state index in [9.17, 15) is 9.59 Å². The van der Waals surface area contributed by atoms with Crippen LogP contribution in [0.25, 0.3) is 0 Å². The van der Waals surface area contributed by atoms with Crippen LogP contribution in [0.1, 0.15) is 15.2 Å². The summed E-state index contributed by atoms with van der Waals surface area (Å²) >= 11 is 3.88. The van der Waals surface area contributed by atoms with Crippen LogP contribution in [0.15, 0.2) is 30.2 Å². The first-order chi connectivity index (χ1) is 11.0. The zero-order valence-electron chi connectivity index (χ0n) is 15.7. The van der Waals surface area contributed by atoms with Crippen LogP contribution in [0.5, 0.6) is 0 Å². The van der Waals surface area contributed by atoms with Crippen LogP contribution in [-0.2, 0) is 16.0 Å². The molecule has 92 valence electrons. The topological polar surface area (TPSA) is 66.4 Å². The fourth-order valence-corrected chi connectivity index (χ4v) is 1.23. The molecule has 5 heteroatoms. The van der Waals surface area contributed by atoms with Crippen molar-refractivity contribution in [2.24, 2.45) is 5.92 Å². The third-order valence-electron chi connectivity index (χ3n) is 1.73. The van der Waals surface area contributed by atoms with Gasteiger partial charge in [0.2, 0.25) is 5.91 Å². The van der Waals surface area contributed by atoms with Gasteiger partial charge < -0.3 is 10.4 Å². The number of carbonyl (C=O) groups excluding carboxylic acids is 1. The molecule has 1 amide bonds. The third-order valence-corrected chi connectivity index (χ3v) is 2.10. The molecule has 2 N–H and O–H groups in total. The molecule has 0 saturated heterocycles. The van der Waals surface area contributed by atoms with E-state index in [1.165, 1.54) is 0 Å². The van der Waals surface area contributed by atoms with Gasteiger partial charge in [-0.15, -0.1) is 0 Å². The second-order valence-corrected chi connectivity index (χ2v) is 3.36. The van der Waals surface area contributed by atoms with Crippen LogP contribution in [0, 0.1) is 5.92 Å². The summed E-state index contributed by atoms with van der Waals surface area (Å²) in [6, 6.07) is -3.65. The molecular formula is C12H15NO3S. The number of hydrogen-bond acceptors (Lipinski definition) is 3. The fourth-order valence-electron chi connectivity index (χ4n) is 0.976. The SMILES string of the molecule is [2H]c1c([2H])c([2H])c(C([2H])([2H])C(CS)C(=O)NCC(=O)O)c([2H])c1[2H]. The maximum Gasteiger partial charge on any atom is 0.322 e. The number of nitrogens with one attached hydrogen (secondary N) is 1. The number of thiol groups is 1. The smallest absolute Gasteiger partial charge is 0.322 e. The molecule has 0 aliphatic rings. The van der Waals surface area contributed by atoms with E-state index < -0.39 is 66.5 Å². The van der Waals surface area contributed by atoms with E-state index in [4.69, 9.17) is 14.7 Å². The molecule has 1 aromatic carbocycles. The molecule has 0 aliphatic carbocycles. The monoisotopic (exact) mass is 260 g/mol. The zero-order chi connectivity index (χ0) is 18.8. The lowest BCUT2D eigenvalue weighted by Gasteiger charge is -2.13. The number of hydrogen-bond donors (Lipinski definition) is 3. The first kappa shape index (κ1) is 6.44. The van der Waals surface area contributed by atoms with Crippen LogP contribution in [0.3, 0.4) is 0 Å². The summed E-state index contributed by atoms with van der Waals surface area (Å²) in [6.07, 6.45) is -2.65. The number of amides is 1. The minimum atomic E-state index is -2.65. The van der Waals surface area contributed by atoms with Crippen LogP contribution >= 0.6 is 12.6 Å². The Balaban J connectivity index is 3.42. The summed E-state index contributed by atoms with van der Waals surface area (Å²) in [4.78, 5) is 22.6. The lowest BCUT2D eigenvalue weighted by atomic mass is 10.0. The van der Waals surface area contributed by atoms with Gasteiger partial charge in [-0.25, -0.2) is 0 Å². The molecule has 4 nitrogen and oxygen atoms in total. The predicted molar refractivity (Wildman–Crippen MR) is 68.1 cm³/mol. The van der Waals surface area contributed by atoms with Crippen LogP contribution in [0.2, 0.25) is 0 Å². The third kappa shape index (κ3) is 4.91. The van der Waals surface area contributed by atoms with Crippen molar-refractivity contribution in [3.05, 3.63) is 35.8 Å². The van der Waals surface area contributed by atoms with Gasteiger partial charge in [0.15, 0.2) is 0 Å². The van der Waals surface area contributed by atoms with Gasteiger partial charge in [0, 0.05) is 8.49 Å². The van der Waals surface area contributed by atoms with Crippen molar-refractivity contribution in [2.45, 2.75) is 6.37 Å². The van der Waals surface area contributed by atoms with Crippen molar-refractivity contribution < 1.29 is 24.3 Å².